The maximum atomic E-state index is 12.7. The lowest BCUT2D eigenvalue weighted by Gasteiger charge is -2.10. The van der Waals surface area contributed by atoms with Crippen molar-refractivity contribution in [1.29, 1.82) is 0 Å². The third kappa shape index (κ3) is 2.32. The predicted octanol–water partition coefficient (Wildman–Crippen LogP) is 3.40. The van der Waals surface area contributed by atoms with Crippen LogP contribution in [0.5, 0.6) is 5.75 Å². The molecule has 0 radical (unpaired) electrons. The van der Waals surface area contributed by atoms with E-state index in [0.717, 1.165) is 10.8 Å². The van der Waals surface area contributed by atoms with E-state index in [2.05, 4.69) is 0 Å². The molecule has 0 fully saturated rings. The first-order valence-electron chi connectivity index (χ1n) is 5.47. The molecule has 0 N–H and O–H groups in total. The molecule has 0 aliphatic heterocycles. The number of benzene rings is 2. The van der Waals surface area contributed by atoms with Gasteiger partial charge in [0.05, 0.1) is 7.11 Å². The first-order chi connectivity index (χ1) is 8.65. The van der Waals surface area contributed by atoms with E-state index in [9.17, 15) is 13.6 Å². The summed E-state index contributed by atoms with van der Waals surface area (Å²) in [5, 5.41) is 1.69. The molecule has 4 heteroatoms. The molecule has 1 unspecified atom stereocenters. The highest BCUT2D eigenvalue weighted by Crippen LogP contribution is 2.27. The third-order valence-corrected chi connectivity index (χ3v) is 2.87. The molecule has 18 heavy (non-hydrogen) atoms. The summed E-state index contributed by atoms with van der Waals surface area (Å²) in [6.07, 6.45) is -2.40. The van der Waals surface area contributed by atoms with Crippen molar-refractivity contribution in [3.05, 3.63) is 42.0 Å². The molecule has 0 saturated heterocycles. The van der Waals surface area contributed by atoms with Crippen LogP contribution in [0.15, 0.2) is 36.4 Å². The minimum atomic E-state index is -2.68. The van der Waals surface area contributed by atoms with E-state index in [0.29, 0.717) is 11.3 Å². The Bertz CT molecular complexity index is 567. The van der Waals surface area contributed by atoms with Gasteiger partial charge in [-0.25, -0.2) is 8.78 Å². The Morgan fingerprint density at radius 3 is 2.39 bits per heavy atom. The van der Waals surface area contributed by atoms with E-state index in [1.54, 1.807) is 37.4 Å². The Kier molecular flexibility index (Phi) is 3.55. The van der Waals surface area contributed by atoms with Gasteiger partial charge >= 0.3 is 0 Å². The number of ether oxygens (including phenoxy) is 1. The highest BCUT2D eigenvalue weighted by molar-refractivity contribution is 5.85. The van der Waals surface area contributed by atoms with E-state index in [1.165, 1.54) is 0 Å². The van der Waals surface area contributed by atoms with Crippen molar-refractivity contribution in [2.45, 2.75) is 12.3 Å². The number of rotatable bonds is 4. The molecule has 2 nitrogen and oxygen atoms in total. The first kappa shape index (κ1) is 12.5. The van der Waals surface area contributed by atoms with Crippen LogP contribution in [-0.2, 0) is 4.79 Å². The molecule has 0 saturated carbocycles. The Labute approximate surface area is 103 Å². The zero-order valence-corrected chi connectivity index (χ0v) is 9.77. The van der Waals surface area contributed by atoms with Gasteiger partial charge in [0.2, 0.25) is 0 Å². The van der Waals surface area contributed by atoms with E-state index < -0.39 is 12.3 Å². The van der Waals surface area contributed by atoms with Crippen molar-refractivity contribution in [1.82, 2.24) is 0 Å². The number of methoxy groups -OCH3 is 1. The summed E-state index contributed by atoms with van der Waals surface area (Å²) < 4.78 is 30.4. The number of carbonyl (C=O) groups is 1. The molecule has 2 rings (SSSR count). The van der Waals surface area contributed by atoms with Crippen molar-refractivity contribution in [2.24, 2.45) is 0 Å². The lowest BCUT2D eigenvalue weighted by atomic mass is 9.97. The van der Waals surface area contributed by atoms with Crippen LogP contribution in [0.3, 0.4) is 0 Å². The Balaban J connectivity index is 2.47. The van der Waals surface area contributed by atoms with Crippen molar-refractivity contribution in [2.75, 3.05) is 7.11 Å². The van der Waals surface area contributed by atoms with Gasteiger partial charge in [0, 0.05) is 0 Å². The number of aldehydes is 1. The van der Waals surface area contributed by atoms with Gasteiger partial charge in [-0.2, -0.15) is 0 Å². The highest BCUT2D eigenvalue weighted by Gasteiger charge is 2.21. The molecule has 0 heterocycles. The monoisotopic (exact) mass is 250 g/mol. The Hall–Kier alpha value is -1.97. The largest absolute Gasteiger partial charge is 0.497 e. The van der Waals surface area contributed by atoms with Gasteiger partial charge < -0.3 is 9.53 Å². The zero-order valence-electron chi connectivity index (χ0n) is 9.77. The van der Waals surface area contributed by atoms with E-state index in [-0.39, 0.29) is 6.29 Å². The van der Waals surface area contributed by atoms with Crippen molar-refractivity contribution >= 4 is 17.1 Å². The molecule has 0 bridgehead atoms. The summed E-state index contributed by atoms with van der Waals surface area (Å²) in [7, 11) is 1.56. The van der Waals surface area contributed by atoms with Crippen molar-refractivity contribution in [3.63, 3.8) is 0 Å². The molecule has 0 aliphatic carbocycles. The molecular weight excluding hydrogens is 238 g/mol. The normalized spacial score (nSPS) is 12.7. The molecule has 0 spiro atoms. The predicted molar refractivity (Wildman–Crippen MR) is 65.3 cm³/mol. The number of alkyl halides is 2. The van der Waals surface area contributed by atoms with Gasteiger partial charge in [0.25, 0.3) is 6.43 Å². The number of carbonyl (C=O) groups excluding carboxylic acids is 1. The lowest BCUT2D eigenvalue weighted by Crippen LogP contribution is -2.10. The summed E-state index contributed by atoms with van der Waals surface area (Å²) in [5.74, 6) is -0.660. The molecule has 0 aliphatic rings. The standard InChI is InChI=1S/C14H12F2O2/c1-18-12-5-4-9-6-11(3-2-10(9)7-12)13(8-17)14(15)16/h2-8,13-14H,1H3. The summed E-state index contributed by atoms with van der Waals surface area (Å²) in [6, 6.07) is 10.2. The average Bonchev–Trinajstić information content (AvgIpc) is 2.38. The summed E-state index contributed by atoms with van der Waals surface area (Å²) >= 11 is 0. The quantitative estimate of drug-likeness (QED) is 0.777. The van der Waals surface area contributed by atoms with Gasteiger partial charge in [0.15, 0.2) is 0 Å². The van der Waals surface area contributed by atoms with E-state index in [1.807, 2.05) is 6.07 Å². The summed E-state index contributed by atoms with van der Waals surface area (Å²) in [4.78, 5) is 10.7. The van der Waals surface area contributed by atoms with Gasteiger partial charge in [0.1, 0.15) is 18.0 Å². The van der Waals surface area contributed by atoms with E-state index in [4.69, 9.17) is 4.74 Å². The summed E-state index contributed by atoms with van der Waals surface area (Å²) in [5.41, 5.74) is 0.331. The van der Waals surface area contributed by atoms with Crippen LogP contribution in [0.2, 0.25) is 0 Å². The van der Waals surface area contributed by atoms with Crippen LogP contribution in [-0.4, -0.2) is 19.8 Å². The Morgan fingerprint density at radius 1 is 1.11 bits per heavy atom. The van der Waals surface area contributed by atoms with Crippen LogP contribution < -0.4 is 4.74 Å². The van der Waals surface area contributed by atoms with Crippen LogP contribution in [0.25, 0.3) is 10.8 Å². The number of fused-ring (bicyclic) bond motifs is 1. The fraction of sp³-hybridized carbons (Fsp3) is 0.214. The molecule has 2 aromatic carbocycles. The van der Waals surface area contributed by atoms with Crippen LogP contribution >= 0.6 is 0 Å². The maximum Gasteiger partial charge on any atom is 0.252 e. The SMILES string of the molecule is COc1ccc2cc(C(C=O)C(F)F)ccc2c1. The second kappa shape index (κ2) is 5.12. The minimum absolute atomic E-state index is 0.287. The fourth-order valence-corrected chi connectivity index (χ4v) is 1.86. The number of hydrogen-bond acceptors (Lipinski definition) is 2. The zero-order chi connectivity index (χ0) is 13.1. The van der Waals surface area contributed by atoms with Gasteiger partial charge in [-0.05, 0) is 28.5 Å². The third-order valence-electron chi connectivity index (χ3n) is 2.87. The average molecular weight is 250 g/mol. The first-order valence-corrected chi connectivity index (χ1v) is 5.47. The van der Waals surface area contributed by atoms with Crippen LogP contribution in [0.4, 0.5) is 8.78 Å². The second-order valence-electron chi connectivity index (χ2n) is 3.97. The molecule has 0 aromatic heterocycles. The smallest absolute Gasteiger partial charge is 0.252 e. The molecule has 1 atom stereocenters. The highest BCUT2D eigenvalue weighted by atomic mass is 19.3. The van der Waals surface area contributed by atoms with Crippen LogP contribution in [0.1, 0.15) is 11.5 Å². The molecule has 2 aromatic rings. The van der Waals surface area contributed by atoms with E-state index >= 15 is 0 Å². The second-order valence-corrected chi connectivity index (χ2v) is 3.97. The lowest BCUT2D eigenvalue weighted by molar-refractivity contribution is -0.111. The van der Waals surface area contributed by atoms with Crippen molar-refractivity contribution < 1.29 is 18.3 Å². The van der Waals surface area contributed by atoms with Crippen LogP contribution in [0, 0.1) is 0 Å². The topological polar surface area (TPSA) is 26.3 Å². The maximum absolute atomic E-state index is 12.7. The Morgan fingerprint density at radius 2 is 1.78 bits per heavy atom. The molecular formula is C14H12F2O2. The summed E-state index contributed by atoms with van der Waals surface area (Å²) in [6.45, 7) is 0. The fourth-order valence-electron chi connectivity index (χ4n) is 1.86. The number of hydrogen-bond donors (Lipinski definition) is 0. The van der Waals surface area contributed by atoms with Crippen molar-refractivity contribution in [3.8, 4) is 5.75 Å². The molecule has 0 amide bonds. The van der Waals surface area contributed by atoms with Gasteiger partial charge in [-0.15, -0.1) is 0 Å². The van der Waals surface area contributed by atoms with Gasteiger partial charge in [-0.3, -0.25) is 0 Å². The molecule has 94 valence electrons. The minimum Gasteiger partial charge on any atom is -0.497 e. The number of halogens is 2. The van der Waals surface area contributed by atoms with Gasteiger partial charge in [-0.1, -0.05) is 24.3 Å².